The van der Waals surface area contributed by atoms with Crippen LogP contribution in [0, 0.1) is 6.92 Å². The minimum atomic E-state index is 0.962. The molecule has 3 aromatic carbocycles. The van der Waals surface area contributed by atoms with Crippen molar-refractivity contribution in [2.75, 3.05) is 11.9 Å². The van der Waals surface area contributed by atoms with E-state index < -0.39 is 0 Å². The topological polar surface area (TPSA) is 12.0 Å². The summed E-state index contributed by atoms with van der Waals surface area (Å²) in [6.07, 6.45) is 1.06. The second kappa shape index (κ2) is 5.79. The summed E-state index contributed by atoms with van der Waals surface area (Å²) in [6, 6.07) is 23.6. The first-order valence-corrected chi connectivity index (χ1v) is 7.10. The van der Waals surface area contributed by atoms with Crippen LogP contribution in [0.4, 0.5) is 5.69 Å². The van der Waals surface area contributed by atoms with Crippen LogP contribution in [0.5, 0.6) is 0 Å². The smallest absolute Gasteiger partial charge is 0.0346 e. The van der Waals surface area contributed by atoms with Gasteiger partial charge in [-0.1, -0.05) is 54.6 Å². The van der Waals surface area contributed by atoms with Crippen LogP contribution >= 0.6 is 0 Å². The van der Waals surface area contributed by atoms with Crippen LogP contribution in [-0.2, 0) is 6.42 Å². The zero-order chi connectivity index (χ0) is 13.8. The molecule has 0 unspecified atom stereocenters. The summed E-state index contributed by atoms with van der Waals surface area (Å²) >= 11 is 0. The summed E-state index contributed by atoms with van der Waals surface area (Å²) in [4.78, 5) is 0. The molecule has 0 aliphatic heterocycles. The number of fused-ring (bicyclic) bond motifs is 1. The normalized spacial score (nSPS) is 10.7. The van der Waals surface area contributed by atoms with Crippen LogP contribution in [0.25, 0.3) is 10.8 Å². The van der Waals surface area contributed by atoms with Crippen LogP contribution in [-0.4, -0.2) is 6.54 Å². The van der Waals surface area contributed by atoms with E-state index in [9.17, 15) is 0 Å². The molecular weight excluding hydrogens is 242 g/mol. The van der Waals surface area contributed by atoms with Gasteiger partial charge in [0.1, 0.15) is 0 Å². The Morgan fingerprint density at radius 1 is 0.800 bits per heavy atom. The molecule has 20 heavy (non-hydrogen) atoms. The van der Waals surface area contributed by atoms with E-state index in [1.165, 1.54) is 27.6 Å². The summed E-state index contributed by atoms with van der Waals surface area (Å²) in [5.41, 5.74) is 3.98. The lowest BCUT2D eigenvalue weighted by Gasteiger charge is -2.09. The third kappa shape index (κ3) is 2.83. The summed E-state index contributed by atoms with van der Waals surface area (Å²) in [6.45, 7) is 3.13. The molecule has 0 amide bonds. The maximum Gasteiger partial charge on any atom is 0.0346 e. The molecule has 3 aromatic rings. The molecule has 0 fully saturated rings. The van der Waals surface area contributed by atoms with Gasteiger partial charge in [0.05, 0.1) is 0 Å². The van der Waals surface area contributed by atoms with Gasteiger partial charge in [-0.05, 0) is 47.4 Å². The lowest BCUT2D eigenvalue weighted by Crippen LogP contribution is -2.05. The van der Waals surface area contributed by atoms with E-state index in [-0.39, 0.29) is 0 Å². The molecule has 0 saturated heterocycles. The fraction of sp³-hybridized carbons (Fsp3) is 0.158. The summed E-state index contributed by atoms with van der Waals surface area (Å²) in [5, 5.41) is 6.09. The minimum absolute atomic E-state index is 0.962. The third-order valence-corrected chi connectivity index (χ3v) is 3.73. The monoisotopic (exact) mass is 261 g/mol. The Hall–Kier alpha value is -2.28. The zero-order valence-electron chi connectivity index (χ0n) is 11.8. The Labute approximate surface area is 120 Å². The first kappa shape index (κ1) is 12.7. The van der Waals surface area contributed by atoms with E-state index in [0.29, 0.717) is 0 Å². The lowest BCUT2D eigenvalue weighted by atomic mass is 10.1. The van der Waals surface area contributed by atoms with E-state index >= 15 is 0 Å². The lowest BCUT2D eigenvalue weighted by molar-refractivity contribution is 1.01. The Kier molecular flexibility index (Phi) is 3.69. The number of anilines is 1. The molecule has 1 N–H and O–H groups in total. The maximum absolute atomic E-state index is 3.51. The average molecular weight is 261 g/mol. The van der Waals surface area contributed by atoms with Gasteiger partial charge in [0.25, 0.3) is 0 Å². The standard InChI is InChI=1S/C19H19N/c1-15-6-2-3-7-16(15)12-13-20-19-11-10-17-8-4-5-9-18(17)14-19/h2-11,14,20H,12-13H2,1H3. The van der Waals surface area contributed by atoms with E-state index in [4.69, 9.17) is 0 Å². The molecule has 0 bridgehead atoms. The van der Waals surface area contributed by atoms with Crippen molar-refractivity contribution in [2.24, 2.45) is 0 Å². The van der Waals surface area contributed by atoms with E-state index in [2.05, 4.69) is 79.0 Å². The molecule has 3 rings (SSSR count). The number of hydrogen-bond acceptors (Lipinski definition) is 1. The van der Waals surface area contributed by atoms with E-state index in [1.807, 2.05) is 0 Å². The van der Waals surface area contributed by atoms with E-state index in [1.54, 1.807) is 0 Å². The first-order chi connectivity index (χ1) is 9.83. The predicted octanol–water partition coefficient (Wildman–Crippen LogP) is 4.80. The molecule has 1 heteroatoms. The Morgan fingerprint density at radius 2 is 1.55 bits per heavy atom. The van der Waals surface area contributed by atoms with Crippen molar-refractivity contribution in [1.82, 2.24) is 0 Å². The molecular formula is C19H19N. The Morgan fingerprint density at radius 3 is 2.40 bits per heavy atom. The number of rotatable bonds is 4. The summed E-state index contributed by atoms with van der Waals surface area (Å²) < 4.78 is 0. The highest BCUT2D eigenvalue weighted by molar-refractivity contribution is 5.85. The van der Waals surface area contributed by atoms with Crippen LogP contribution in [0.3, 0.4) is 0 Å². The third-order valence-electron chi connectivity index (χ3n) is 3.73. The molecule has 0 aliphatic rings. The molecule has 0 saturated carbocycles. The van der Waals surface area contributed by atoms with Gasteiger partial charge in [0.2, 0.25) is 0 Å². The van der Waals surface area contributed by atoms with Crippen LogP contribution < -0.4 is 5.32 Å². The second-order valence-corrected chi connectivity index (χ2v) is 5.17. The van der Waals surface area contributed by atoms with Crippen molar-refractivity contribution in [3.05, 3.63) is 77.9 Å². The van der Waals surface area contributed by atoms with Gasteiger partial charge in [-0.15, -0.1) is 0 Å². The SMILES string of the molecule is Cc1ccccc1CCNc1ccc2ccccc2c1. The largest absolute Gasteiger partial charge is 0.385 e. The van der Waals surface area contributed by atoms with Gasteiger partial charge in [-0.3, -0.25) is 0 Å². The Balaban J connectivity index is 1.67. The van der Waals surface area contributed by atoms with Crippen LogP contribution in [0.2, 0.25) is 0 Å². The van der Waals surface area contributed by atoms with Crippen molar-refractivity contribution in [1.29, 1.82) is 0 Å². The summed E-state index contributed by atoms with van der Waals surface area (Å²) in [7, 11) is 0. The molecule has 0 radical (unpaired) electrons. The van der Waals surface area contributed by atoms with Crippen LogP contribution in [0.15, 0.2) is 66.7 Å². The molecule has 0 atom stereocenters. The highest BCUT2D eigenvalue weighted by Gasteiger charge is 1.98. The van der Waals surface area contributed by atoms with Crippen molar-refractivity contribution in [3.63, 3.8) is 0 Å². The molecule has 0 spiro atoms. The van der Waals surface area contributed by atoms with Crippen molar-refractivity contribution in [2.45, 2.75) is 13.3 Å². The number of aryl methyl sites for hydroxylation is 1. The first-order valence-electron chi connectivity index (χ1n) is 7.10. The van der Waals surface area contributed by atoms with Crippen molar-refractivity contribution in [3.8, 4) is 0 Å². The number of benzene rings is 3. The fourth-order valence-electron chi connectivity index (χ4n) is 2.53. The van der Waals surface area contributed by atoms with Crippen molar-refractivity contribution >= 4 is 16.5 Å². The zero-order valence-corrected chi connectivity index (χ0v) is 11.8. The molecule has 100 valence electrons. The molecule has 0 aromatic heterocycles. The number of hydrogen-bond donors (Lipinski definition) is 1. The average Bonchev–Trinajstić information content (AvgIpc) is 2.49. The van der Waals surface area contributed by atoms with Gasteiger partial charge in [-0.25, -0.2) is 0 Å². The van der Waals surface area contributed by atoms with Crippen molar-refractivity contribution < 1.29 is 0 Å². The minimum Gasteiger partial charge on any atom is -0.385 e. The predicted molar refractivity (Wildman–Crippen MR) is 87.3 cm³/mol. The van der Waals surface area contributed by atoms with E-state index in [0.717, 1.165) is 13.0 Å². The second-order valence-electron chi connectivity index (χ2n) is 5.17. The van der Waals surface area contributed by atoms with Gasteiger partial charge in [0.15, 0.2) is 0 Å². The molecule has 1 nitrogen and oxygen atoms in total. The highest BCUT2D eigenvalue weighted by atomic mass is 14.9. The molecule has 0 aliphatic carbocycles. The molecule has 0 heterocycles. The van der Waals surface area contributed by atoms with Gasteiger partial charge >= 0.3 is 0 Å². The number of nitrogens with one attached hydrogen (secondary N) is 1. The Bertz CT molecular complexity index is 716. The highest BCUT2D eigenvalue weighted by Crippen LogP contribution is 2.19. The quantitative estimate of drug-likeness (QED) is 0.711. The summed E-state index contributed by atoms with van der Waals surface area (Å²) in [5.74, 6) is 0. The van der Waals surface area contributed by atoms with Gasteiger partial charge < -0.3 is 5.32 Å². The van der Waals surface area contributed by atoms with Crippen LogP contribution in [0.1, 0.15) is 11.1 Å². The fourth-order valence-corrected chi connectivity index (χ4v) is 2.53. The maximum atomic E-state index is 3.51. The van der Waals surface area contributed by atoms with Gasteiger partial charge in [0, 0.05) is 12.2 Å². The van der Waals surface area contributed by atoms with Gasteiger partial charge in [-0.2, -0.15) is 0 Å².